The average molecular weight is 226 g/mol. The van der Waals surface area contributed by atoms with Crippen LogP contribution in [-0.4, -0.2) is 18.5 Å². The highest BCUT2D eigenvalue weighted by atomic mass is 16.2. The summed E-state index contributed by atoms with van der Waals surface area (Å²) >= 11 is 0. The van der Waals surface area contributed by atoms with Gasteiger partial charge in [0.15, 0.2) is 0 Å². The van der Waals surface area contributed by atoms with Crippen molar-refractivity contribution in [3.05, 3.63) is 0 Å². The van der Waals surface area contributed by atoms with Gasteiger partial charge in [-0.05, 0) is 32.1 Å². The summed E-state index contributed by atoms with van der Waals surface area (Å²) in [5.74, 6) is 0.815. The number of carbonyl (C=O) groups is 1. The summed E-state index contributed by atoms with van der Waals surface area (Å²) < 4.78 is 0. The van der Waals surface area contributed by atoms with Crippen LogP contribution in [0.25, 0.3) is 0 Å². The molecule has 3 N–H and O–H groups in total. The predicted molar refractivity (Wildman–Crippen MR) is 67.0 cm³/mol. The topological polar surface area (TPSA) is 55.1 Å². The lowest BCUT2D eigenvalue weighted by Gasteiger charge is -2.29. The summed E-state index contributed by atoms with van der Waals surface area (Å²) in [7, 11) is 0. The molecule has 0 saturated heterocycles. The minimum Gasteiger partial charge on any atom is -0.354 e. The molecule has 1 saturated carbocycles. The van der Waals surface area contributed by atoms with Gasteiger partial charge < -0.3 is 11.1 Å². The highest BCUT2D eigenvalue weighted by Gasteiger charge is 2.41. The zero-order valence-corrected chi connectivity index (χ0v) is 10.9. The molecule has 0 spiro atoms. The first-order valence-corrected chi connectivity index (χ1v) is 6.50. The Morgan fingerprint density at radius 2 is 1.88 bits per heavy atom. The van der Waals surface area contributed by atoms with Crippen LogP contribution in [0.1, 0.15) is 52.9 Å². The second kappa shape index (κ2) is 5.67. The second-order valence-electron chi connectivity index (χ2n) is 5.77. The molecule has 94 valence electrons. The average Bonchev–Trinajstić information content (AvgIpc) is 2.62. The van der Waals surface area contributed by atoms with Crippen LogP contribution in [0.15, 0.2) is 0 Å². The van der Waals surface area contributed by atoms with E-state index >= 15 is 0 Å². The molecule has 1 amide bonds. The van der Waals surface area contributed by atoms with Crippen molar-refractivity contribution in [1.82, 2.24) is 5.32 Å². The summed E-state index contributed by atoms with van der Waals surface area (Å²) in [6.45, 7) is 6.90. The van der Waals surface area contributed by atoms with E-state index in [4.69, 9.17) is 5.73 Å². The third kappa shape index (κ3) is 3.48. The largest absolute Gasteiger partial charge is 0.354 e. The number of nitrogens with two attached hydrogens (primary N) is 1. The van der Waals surface area contributed by atoms with Gasteiger partial charge in [-0.1, -0.05) is 26.7 Å². The van der Waals surface area contributed by atoms with Crippen molar-refractivity contribution in [2.24, 2.45) is 17.1 Å². The molecule has 3 nitrogen and oxygen atoms in total. The number of carbonyl (C=O) groups excluding carboxylic acids is 1. The van der Waals surface area contributed by atoms with Gasteiger partial charge in [0.2, 0.25) is 5.91 Å². The maximum atomic E-state index is 12.2. The number of hydrogen-bond donors (Lipinski definition) is 2. The van der Waals surface area contributed by atoms with Crippen LogP contribution in [0.3, 0.4) is 0 Å². The Morgan fingerprint density at radius 3 is 2.31 bits per heavy atom. The van der Waals surface area contributed by atoms with E-state index in [0.717, 1.165) is 19.3 Å². The second-order valence-corrected chi connectivity index (χ2v) is 5.77. The van der Waals surface area contributed by atoms with E-state index in [2.05, 4.69) is 19.2 Å². The summed E-state index contributed by atoms with van der Waals surface area (Å²) in [6, 6.07) is 0.0430. The van der Waals surface area contributed by atoms with Gasteiger partial charge in [0.1, 0.15) is 0 Å². The van der Waals surface area contributed by atoms with E-state index in [1.807, 2.05) is 6.92 Å². The van der Waals surface area contributed by atoms with Crippen LogP contribution in [0, 0.1) is 11.3 Å². The van der Waals surface area contributed by atoms with Crippen molar-refractivity contribution in [2.75, 3.05) is 6.54 Å². The van der Waals surface area contributed by atoms with E-state index in [0.29, 0.717) is 12.5 Å². The summed E-state index contributed by atoms with van der Waals surface area (Å²) in [6.07, 6.45) is 5.50. The molecule has 1 aliphatic carbocycles. The Morgan fingerprint density at radius 1 is 1.31 bits per heavy atom. The van der Waals surface area contributed by atoms with Gasteiger partial charge >= 0.3 is 0 Å². The highest BCUT2D eigenvalue weighted by molar-refractivity contribution is 5.82. The molecule has 0 radical (unpaired) electrons. The number of hydrogen-bond acceptors (Lipinski definition) is 2. The lowest BCUT2D eigenvalue weighted by atomic mass is 9.77. The first-order chi connectivity index (χ1) is 7.46. The molecule has 0 aliphatic heterocycles. The van der Waals surface area contributed by atoms with Gasteiger partial charge in [-0.25, -0.2) is 0 Å². The molecule has 0 bridgehead atoms. The minimum atomic E-state index is -0.0942. The fourth-order valence-corrected chi connectivity index (χ4v) is 2.80. The molecule has 0 heterocycles. The Labute approximate surface area is 99.2 Å². The van der Waals surface area contributed by atoms with E-state index in [1.165, 1.54) is 12.8 Å². The van der Waals surface area contributed by atoms with Crippen LogP contribution in [0.4, 0.5) is 0 Å². The number of amides is 1. The zero-order valence-electron chi connectivity index (χ0n) is 10.9. The molecule has 3 heteroatoms. The van der Waals surface area contributed by atoms with Crippen LogP contribution in [0.5, 0.6) is 0 Å². The van der Waals surface area contributed by atoms with Gasteiger partial charge in [0.05, 0.1) is 0 Å². The first kappa shape index (κ1) is 13.5. The first-order valence-electron chi connectivity index (χ1n) is 6.50. The molecular weight excluding hydrogens is 200 g/mol. The lowest BCUT2D eigenvalue weighted by molar-refractivity contribution is -0.131. The van der Waals surface area contributed by atoms with Crippen LogP contribution >= 0.6 is 0 Å². The number of rotatable bonds is 5. The van der Waals surface area contributed by atoms with Crippen LogP contribution < -0.4 is 11.1 Å². The standard InChI is InChI=1S/C13H26N2O/c1-10(2)8-13(6-4-5-7-13)12(16)15-9-11(3)14/h10-11H,4-9,14H2,1-3H3,(H,15,16). The van der Waals surface area contributed by atoms with Gasteiger partial charge in [-0.15, -0.1) is 0 Å². The van der Waals surface area contributed by atoms with E-state index in [1.54, 1.807) is 0 Å². The van der Waals surface area contributed by atoms with Gasteiger partial charge in [-0.3, -0.25) is 4.79 Å². The molecule has 0 aromatic carbocycles. The molecule has 16 heavy (non-hydrogen) atoms. The molecular formula is C13H26N2O. The predicted octanol–water partition coefficient (Wildman–Crippen LogP) is 2.06. The Hall–Kier alpha value is -0.570. The summed E-state index contributed by atoms with van der Waals surface area (Å²) in [5.41, 5.74) is 5.57. The normalized spacial score (nSPS) is 21.1. The molecule has 1 fully saturated rings. The quantitative estimate of drug-likeness (QED) is 0.754. The number of nitrogens with one attached hydrogen (secondary N) is 1. The van der Waals surface area contributed by atoms with Crippen molar-refractivity contribution < 1.29 is 4.79 Å². The van der Waals surface area contributed by atoms with Crippen molar-refractivity contribution in [2.45, 2.75) is 58.9 Å². The molecule has 0 aromatic heterocycles. The smallest absolute Gasteiger partial charge is 0.226 e. The Bertz CT molecular complexity index is 230. The van der Waals surface area contributed by atoms with Crippen molar-refractivity contribution >= 4 is 5.91 Å². The van der Waals surface area contributed by atoms with E-state index in [-0.39, 0.29) is 17.4 Å². The zero-order chi connectivity index (χ0) is 12.2. The molecule has 0 aromatic rings. The van der Waals surface area contributed by atoms with Crippen molar-refractivity contribution in [1.29, 1.82) is 0 Å². The minimum absolute atomic E-state index is 0.0430. The summed E-state index contributed by atoms with van der Waals surface area (Å²) in [5, 5.41) is 3.01. The monoisotopic (exact) mass is 226 g/mol. The fraction of sp³-hybridized carbons (Fsp3) is 0.923. The lowest BCUT2D eigenvalue weighted by Crippen LogP contribution is -2.44. The van der Waals surface area contributed by atoms with Crippen molar-refractivity contribution in [3.63, 3.8) is 0 Å². The van der Waals surface area contributed by atoms with Crippen LogP contribution in [0.2, 0.25) is 0 Å². The third-order valence-electron chi connectivity index (χ3n) is 3.43. The third-order valence-corrected chi connectivity index (χ3v) is 3.43. The van der Waals surface area contributed by atoms with Gasteiger partial charge in [0.25, 0.3) is 0 Å². The van der Waals surface area contributed by atoms with E-state index in [9.17, 15) is 4.79 Å². The Balaban J connectivity index is 2.58. The maximum Gasteiger partial charge on any atom is 0.226 e. The molecule has 1 rings (SSSR count). The fourth-order valence-electron chi connectivity index (χ4n) is 2.80. The van der Waals surface area contributed by atoms with Gasteiger partial charge in [-0.2, -0.15) is 0 Å². The SMILES string of the molecule is CC(C)CC1(C(=O)NCC(C)N)CCCC1. The molecule has 1 atom stereocenters. The Kier molecular flexibility index (Phi) is 4.78. The maximum absolute atomic E-state index is 12.2. The van der Waals surface area contributed by atoms with Gasteiger partial charge in [0, 0.05) is 18.0 Å². The van der Waals surface area contributed by atoms with Crippen LogP contribution in [-0.2, 0) is 4.79 Å². The molecule has 1 unspecified atom stereocenters. The van der Waals surface area contributed by atoms with Crippen molar-refractivity contribution in [3.8, 4) is 0 Å². The summed E-state index contributed by atoms with van der Waals surface area (Å²) in [4.78, 5) is 12.2. The highest BCUT2D eigenvalue weighted by Crippen LogP contribution is 2.43. The van der Waals surface area contributed by atoms with E-state index < -0.39 is 0 Å². The molecule has 1 aliphatic rings.